The molecule has 1 aromatic carbocycles. The van der Waals surface area contributed by atoms with Crippen molar-refractivity contribution in [1.82, 2.24) is 34.6 Å². The molecule has 7 nitrogen and oxygen atoms in total. The maximum absolute atomic E-state index is 4.71. The van der Waals surface area contributed by atoms with Crippen LogP contribution in [0.3, 0.4) is 0 Å². The predicted molar refractivity (Wildman–Crippen MR) is 100 cm³/mol. The highest BCUT2D eigenvalue weighted by Crippen LogP contribution is 2.29. The zero-order chi connectivity index (χ0) is 17.7. The molecule has 1 atom stereocenters. The van der Waals surface area contributed by atoms with E-state index in [1.165, 1.54) is 11.3 Å². The van der Waals surface area contributed by atoms with Gasteiger partial charge in [0.05, 0.1) is 17.3 Å². The number of rotatable bonds is 3. The first-order chi connectivity index (χ1) is 12.7. The van der Waals surface area contributed by atoms with Gasteiger partial charge >= 0.3 is 0 Å². The second-order valence-corrected chi connectivity index (χ2v) is 7.20. The van der Waals surface area contributed by atoms with E-state index in [1.54, 1.807) is 4.68 Å². The first-order valence-electron chi connectivity index (χ1n) is 8.25. The van der Waals surface area contributed by atoms with E-state index in [0.717, 1.165) is 37.8 Å². The predicted octanol–water partition coefficient (Wildman–Crippen LogP) is 3.29. The first kappa shape index (κ1) is 15.2. The molecule has 0 bridgehead atoms. The summed E-state index contributed by atoms with van der Waals surface area (Å²) >= 11 is 1.51. The molecular formula is C18H15N7S. The van der Waals surface area contributed by atoms with Crippen LogP contribution in [0, 0.1) is 0 Å². The SMILES string of the molecule is C[C@H](c1ccc2ncccc2c1)c1nnc2sc(-c3cnn(C)c3)nn12. The van der Waals surface area contributed by atoms with Crippen LogP contribution in [0.2, 0.25) is 0 Å². The lowest BCUT2D eigenvalue weighted by molar-refractivity contribution is 0.758. The van der Waals surface area contributed by atoms with E-state index in [1.807, 2.05) is 42.3 Å². The van der Waals surface area contributed by atoms with E-state index in [2.05, 4.69) is 45.4 Å². The van der Waals surface area contributed by atoms with E-state index in [-0.39, 0.29) is 5.92 Å². The average molecular weight is 361 g/mol. The normalized spacial score (nSPS) is 12.8. The molecule has 5 rings (SSSR count). The van der Waals surface area contributed by atoms with Gasteiger partial charge in [0.2, 0.25) is 4.96 Å². The van der Waals surface area contributed by atoms with Gasteiger partial charge in [0.25, 0.3) is 0 Å². The lowest BCUT2D eigenvalue weighted by Crippen LogP contribution is -2.03. The van der Waals surface area contributed by atoms with Crippen LogP contribution in [0.25, 0.3) is 26.4 Å². The number of benzene rings is 1. The minimum atomic E-state index is 0.0680. The molecule has 0 aliphatic carbocycles. The Kier molecular flexibility index (Phi) is 3.32. The summed E-state index contributed by atoms with van der Waals surface area (Å²) in [6, 6.07) is 10.3. The van der Waals surface area contributed by atoms with Crippen molar-refractivity contribution in [2.75, 3.05) is 0 Å². The Bertz CT molecular complexity index is 1230. The van der Waals surface area contributed by atoms with Crippen molar-refractivity contribution in [2.24, 2.45) is 7.05 Å². The number of aromatic nitrogens is 7. The smallest absolute Gasteiger partial charge is 0.235 e. The van der Waals surface area contributed by atoms with Crippen LogP contribution in [-0.2, 0) is 7.05 Å². The van der Waals surface area contributed by atoms with Crippen molar-refractivity contribution in [2.45, 2.75) is 12.8 Å². The molecule has 0 unspecified atom stereocenters. The van der Waals surface area contributed by atoms with Gasteiger partial charge in [-0.2, -0.15) is 14.7 Å². The van der Waals surface area contributed by atoms with Crippen molar-refractivity contribution in [1.29, 1.82) is 0 Å². The Morgan fingerprint density at radius 2 is 2.08 bits per heavy atom. The summed E-state index contributed by atoms with van der Waals surface area (Å²) in [5.74, 6) is 0.896. The van der Waals surface area contributed by atoms with Gasteiger partial charge < -0.3 is 0 Å². The highest BCUT2D eigenvalue weighted by molar-refractivity contribution is 7.19. The number of fused-ring (bicyclic) bond motifs is 2. The molecule has 0 aliphatic heterocycles. The van der Waals surface area contributed by atoms with E-state index in [4.69, 9.17) is 5.10 Å². The molecule has 26 heavy (non-hydrogen) atoms. The molecule has 8 heteroatoms. The molecule has 0 N–H and O–H groups in total. The molecule has 4 aromatic heterocycles. The highest BCUT2D eigenvalue weighted by atomic mass is 32.1. The molecule has 0 amide bonds. The summed E-state index contributed by atoms with van der Waals surface area (Å²) in [4.78, 5) is 5.17. The summed E-state index contributed by atoms with van der Waals surface area (Å²) in [7, 11) is 1.89. The minimum absolute atomic E-state index is 0.0680. The summed E-state index contributed by atoms with van der Waals surface area (Å²) < 4.78 is 3.61. The zero-order valence-corrected chi connectivity index (χ0v) is 15.1. The third kappa shape index (κ3) is 2.38. The van der Waals surface area contributed by atoms with Crippen molar-refractivity contribution in [3.63, 3.8) is 0 Å². The van der Waals surface area contributed by atoms with Gasteiger partial charge in [-0.3, -0.25) is 9.67 Å². The van der Waals surface area contributed by atoms with Crippen LogP contribution in [0.4, 0.5) is 0 Å². The number of nitrogens with zero attached hydrogens (tertiary/aromatic N) is 7. The summed E-state index contributed by atoms with van der Waals surface area (Å²) in [5, 5.41) is 19.6. The highest BCUT2D eigenvalue weighted by Gasteiger charge is 2.20. The molecule has 128 valence electrons. The zero-order valence-electron chi connectivity index (χ0n) is 14.2. The van der Waals surface area contributed by atoms with Crippen LogP contribution in [0.15, 0.2) is 48.9 Å². The van der Waals surface area contributed by atoms with Crippen molar-refractivity contribution < 1.29 is 0 Å². The number of hydrogen-bond acceptors (Lipinski definition) is 6. The van der Waals surface area contributed by atoms with Crippen molar-refractivity contribution in [3.05, 3.63) is 60.3 Å². The summed E-state index contributed by atoms with van der Waals surface area (Å²) in [6.45, 7) is 2.12. The van der Waals surface area contributed by atoms with Gasteiger partial charge in [-0.05, 0) is 23.8 Å². The quantitative estimate of drug-likeness (QED) is 0.493. The second-order valence-electron chi connectivity index (χ2n) is 6.24. The Balaban J connectivity index is 1.57. The monoisotopic (exact) mass is 361 g/mol. The van der Waals surface area contributed by atoms with Crippen molar-refractivity contribution in [3.8, 4) is 10.6 Å². The van der Waals surface area contributed by atoms with Gasteiger partial charge in [0.1, 0.15) is 0 Å². The largest absolute Gasteiger partial charge is 0.275 e. The third-order valence-electron chi connectivity index (χ3n) is 4.48. The van der Waals surface area contributed by atoms with Crippen LogP contribution in [0.1, 0.15) is 24.2 Å². The van der Waals surface area contributed by atoms with E-state index in [9.17, 15) is 0 Å². The Morgan fingerprint density at radius 3 is 2.92 bits per heavy atom. The Labute approximate surface area is 153 Å². The van der Waals surface area contributed by atoms with Gasteiger partial charge in [-0.15, -0.1) is 10.2 Å². The van der Waals surface area contributed by atoms with Crippen molar-refractivity contribution >= 4 is 27.2 Å². The Hall–Kier alpha value is -3.13. The maximum Gasteiger partial charge on any atom is 0.235 e. The molecule has 0 spiro atoms. The van der Waals surface area contributed by atoms with Crippen LogP contribution < -0.4 is 0 Å². The molecule has 0 saturated carbocycles. The lowest BCUT2D eigenvalue weighted by Gasteiger charge is -2.10. The average Bonchev–Trinajstić information content (AvgIpc) is 3.36. The molecule has 5 aromatic rings. The van der Waals surface area contributed by atoms with E-state index >= 15 is 0 Å². The lowest BCUT2D eigenvalue weighted by atomic mass is 9.99. The van der Waals surface area contributed by atoms with Gasteiger partial charge in [-0.1, -0.05) is 30.4 Å². The minimum Gasteiger partial charge on any atom is -0.275 e. The van der Waals surface area contributed by atoms with Crippen LogP contribution in [-0.4, -0.2) is 34.6 Å². The molecule has 0 radical (unpaired) electrons. The first-order valence-corrected chi connectivity index (χ1v) is 9.06. The van der Waals surface area contributed by atoms with E-state index in [0.29, 0.717) is 0 Å². The summed E-state index contributed by atoms with van der Waals surface area (Å²) in [6.07, 6.45) is 5.57. The van der Waals surface area contributed by atoms with Gasteiger partial charge in [0, 0.05) is 30.7 Å². The number of aryl methyl sites for hydroxylation is 1. The fourth-order valence-corrected chi connectivity index (χ4v) is 3.88. The molecular weight excluding hydrogens is 346 g/mol. The fraction of sp³-hybridized carbons (Fsp3) is 0.167. The van der Waals surface area contributed by atoms with Gasteiger partial charge in [-0.25, -0.2) is 0 Å². The number of pyridine rings is 1. The topological polar surface area (TPSA) is 73.8 Å². The van der Waals surface area contributed by atoms with Crippen LogP contribution >= 0.6 is 11.3 Å². The number of hydrogen-bond donors (Lipinski definition) is 0. The molecule has 4 heterocycles. The Morgan fingerprint density at radius 1 is 1.15 bits per heavy atom. The molecule has 0 aliphatic rings. The molecule has 0 saturated heterocycles. The summed E-state index contributed by atoms with van der Waals surface area (Å²) in [5.41, 5.74) is 3.14. The third-order valence-corrected chi connectivity index (χ3v) is 5.43. The second kappa shape index (κ2) is 5.70. The van der Waals surface area contributed by atoms with Gasteiger partial charge in [0.15, 0.2) is 10.8 Å². The van der Waals surface area contributed by atoms with Crippen LogP contribution in [0.5, 0.6) is 0 Å². The maximum atomic E-state index is 4.71. The molecule has 0 fully saturated rings. The van der Waals surface area contributed by atoms with E-state index < -0.39 is 0 Å². The standard InChI is InChI=1S/C18H15N7S/c1-11(12-5-6-15-13(8-12)4-3-7-19-15)16-21-22-18-25(16)23-17(26-18)14-9-20-24(2)10-14/h3-11H,1-2H3/t11-/m1/s1. The fourth-order valence-electron chi connectivity index (χ4n) is 3.06.